The van der Waals surface area contributed by atoms with Gasteiger partial charge in [0.1, 0.15) is 5.82 Å². The Bertz CT molecular complexity index is 437. The van der Waals surface area contributed by atoms with Crippen molar-refractivity contribution in [1.29, 1.82) is 0 Å². The van der Waals surface area contributed by atoms with E-state index in [-0.39, 0.29) is 11.6 Å². The molecule has 0 bridgehead atoms. The van der Waals surface area contributed by atoms with Gasteiger partial charge in [0.25, 0.3) is 0 Å². The summed E-state index contributed by atoms with van der Waals surface area (Å²) in [4.78, 5) is 6.19. The average molecular weight is 252 g/mol. The summed E-state index contributed by atoms with van der Waals surface area (Å²) in [5.41, 5.74) is 1.28. The van der Waals surface area contributed by atoms with Gasteiger partial charge in [0.15, 0.2) is 5.79 Å². The van der Waals surface area contributed by atoms with Crippen LogP contribution in [0.5, 0.6) is 0 Å². The van der Waals surface area contributed by atoms with Gasteiger partial charge in [-0.15, -0.1) is 0 Å². The highest BCUT2D eigenvalue weighted by atomic mass is 19.1. The first-order valence-corrected chi connectivity index (χ1v) is 6.34. The van der Waals surface area contributed by atoms with Gasteiger partial charge in [-0.3, -0.25) is 4.98 Å². The summed E-state index contributed by atoms with van der Waals surface area (Å²) in [6, 6.07) is 1.55. The lowest BCUT2D eigenvalue weighted by atomic mass is 10.0. The van der Waals surface area contributed by atoms with Crippen molar-refractivity contribution in [3.05, 3.63) is 23.8 Å². The Kier molecular flexibility index (Phi) is 2.95. The van der Waals surface area contributed by atoms with Crippen LogP contribution in [-0.4, -0.2) is 37.1 Å². The van der Waals surface area contributed by atoms with Crippen LogP contribution in [0.3, 0.4) is 0 Å². The molecule has 0 atom stereocenters. The van der Waals surface area contributed by atoms with Crippen LogP contribution >= 0.6 is 0 Å². The van der Waals surface area contributed by atoms with Crippen LogP contribution in [0.25, 0.3) is 0 Å². The number of ether oxygens (including phenoxy) is 2. The highest BCUT2D eigenvalue weighted by Gasteiger charge is 2.39. The molecule has 1 aromatic rings. The van der Waals surface area contributed by atoms with Gasteiger partial charge in [-0.2, -0.15) is 0 Å². The summed E-state index contributed by atoms with van der Waals surface area (Å²) < 4.78 is 24.8. The van der Waals surface area contributed by atoms with Crippen molar-refractivity contribution >= 4 is 5.69 Å². The van der Waals surface area contributed by atoms with Gasteiger partial charge in [-0.1, -0.05) is 0 Å². The Balaban J connectivity index is 1.70. The first kappa shape index (κ1) is 11.9. The van der Waals surface area contributed by atoms with Crippen LogP contribution in [0.4, 0.5) is 10.1 Å². The van der Waals surface area contributed by atoms with Crippen molar-refractivity contribution in [2.75, 3.05) is 31.2 Å². The standard InChI is InChI=1S/C13H17FN2O2/c1-10-12(14)8-11(9-15-10)16-4-2-13(3-5-16)17-6-7-18-13/h8-9H,2-7H2,1H3. The number of piperidine rings is 1. The third-order valence-corrected chi connectivity index (χ3v) is 3.71. The molecule has 2 saturated heterocycles. The van der Waals surface area contributed by atoms with Gasteiger partial charge in [-0.05, 0) is 6.92 Å². The zero-order valence-electron chi connectivity index (χ0n) is 10.5. The molecule has 2 aliphatic rings. The molecule has 0 radical (unpaired) electrons. The zero-order valence-corrected chi connectivity index (χ0v) is 10.5. The van der Waals surface area contributed by atoms with Crippen LogP contribution in [-0.2, 0) is 9.47 Å². The normalized spacial score (nSPS) is 22.7. The van der Waals surface area contributed by atoms with E-state index in [2.05, 4.69) is 9.88 Å². The molecule has 0 aromatic carbocycles. The lowest BCUT2D eigenvalue weighted by molar-refractivity contribution is -0.169. The minimum atomic E-state index is -0.382. The summed E-state index contributed by atoms with van der Waals surface area (Å²) in [5.74, 6) is -0.631. The van der Waals surface area contributed by atoms with E-state index < -0.39 is 0 Å². The maximum absolute atomic E-state index is 13.5. The fourth-order valence-corrected chi connectivity index (χ4v) is 2.56. The van der Waals surface area contributed by atoms with Crippen molar-refractivity contribution in [3.8, 4) is 0 Å². The topological polar surface area (TPSA) is 34.6 Å². The zero-order chi connectivity index (χ0) is 12.6. The highest BCUT2D eigenvalue weighted by molar-refractivity contribution is 5.45. The second-order valence-corrected chi connectivity index (χ2v) is 4.86. The molecular weight excluding hydrogens is 235 g/mol. The smallest absolute Gasteiger partial charge is 0.171 e. The molecule has 98 valence electrons. The number of hydrogen-bond donors (Lipinski definition) is 0. The molecule has 0 amide bonds. The first-order valence-electron chi connectivity index (χ1n) is 6.34. The van der Waals surface area contributed by atoms with Gasteiger partial charge in [-0.25, -0.2) is 4.39 Å². The Morgan fingerprint density at radius 2 is 1.94 bits per heavy atom. The maximum atomic E-state index is 13.5. The van der Waals surface area contributed by atoms with Crippen LogP contribution < -0.4 is 4.90 Å². The maximum Gasteiger partial charge on any atom is 0.171 e. The monoisotopic (exact) mass is 252 g/mol. The summed E-state index contributed by atoms with van der Waals surface area (Å²) in [5, 5.41) is 0. The number of pyridine rings is 1. The summed E-state index contributed by atoms with van der Waals surface area (Å²) >= 11 is 0. The number of halogens is 1. The summed E-state index contributed by atoms with van der Waals surface area (Å²) in [6.07, 6.45) is 3.37. The van der Waals surface area contributed by atoms with E-state index in [0.717, 1.165) is 31.6 Å². The number of anilines is 1. The SMILES string of the molecule is Cc1ncc(N2CCC3(CC2)OCCO3)cc1F. The first-order chi connectivity index (χ1) is 8.69. The number of aromatic nitrogens is 1. The number of rotatable bonds is 1. The van der Waals surface area contributed by atoms with Gasteiger partial charge < -0.3 is 14.4 Å². The fraction of sp³-hybridized carbons (Fsp3) is 0.615. The number of nitrogens with zero attached hydrogens (tertiary/aromatic N) is 2. The Hall–Kier alpha value is -1.20. The van der Waals surface area contributed by atoms with E-state index in [1.54, 1.807) is 19.2 Å². The van der Waals surface area contributed by atoms with Crippen LogP contribution in [0.15, 0.2) is 12.3 Å². The van der Waals surface area contributed by atoms with E-state index in [4.69, 9.17) is 9.47 Å². The molecule has 2 fully saturated rings. The van der Waals surface area contributed by atoms with Crippen molar-refractivity contribution in [3.63, 3.8) is 0 Å². The molecule has 5 heteroatoms. The van der Waals surface area contributed by atoms with Crippen LogP contribution in [0.2, 0.25) is 0 Å². The summed E-state index contributed by atoms with van der Waals surface area (Å²) in [7, 11) is 0. The molecule has 3 heterocycles. The van der Waals surface area contributed by atoms with Gasteiger partial charge >= 0.3 is 0 Å². The lowest BCUT2D eigenvalue weighted by Crippen LogP contribution is -2.45. The van der Waals surface area contributed by atoms with Gasteiger partial charge in [0, 0.05) is 32.0 Å². The average Bonchev–Trinajstić information content (AvgIpc) is 2.82. The minimum Gasteiger partial charge on any atom is -0.370 e. The molecular formula is C13H17FN2O2. The van der Waals surface area contributed by atoms with E-state index in [0.29, 0.717) is 18.9 Å². The molecule has 4 nitrogen and oxygen atoms in total. The predicted octanol–water partition coefficient (Wildman–Crippen LogP) is 1.87. The Morgan fingerprint density at radius 3 is 2.56 bits per heavy atom. The van der Waals surface area contributed by atoms with E-state index in [9.17, 15) is 4.39 Å². The largest absolute Gasteiger partial charge is 0.370 e. The molecule has 0 unspecified atom stereocenters. The third kappa shape index (κ3) is 2.08. The fourth-order valence-electron chi connectivity index (χ4n) is 2.56. The van der Waals surface area contributed by atoms with Gasteiger partial charge in [0.05, 0.1) is 30.8 Å². The van der Waals surface area contributed by atoms with Crippen molar-refractivity contribution in [2.45, 2.75) is 25.6 Å². The minimum absolute atomic E-state index is 0.249. The molecule has 18 heavy (non-hydrogen) atoms. The van der Waals surface area contributed by atoms with E-state index >= 15 is 0 Å². The Morgan fingerprint density at radius 1 is 1.28 bits per heavy atom. The molecule has 0 aliphatic carbocycles. The second-order valence-electron chi connectivity index (χ2n) is 4.86. The van der Waals surface area contributed by atoms with E-state index in [1.165, 1.54) is 0 Å². The second kappa shape index (κ2) is 4.48. The lowest BCUT2D eigenvalue weighted by Gasteiger charge is -2.38. The Labute approximate surface area is 106 Å². The molecule has 0 N–H and O–H groups in total. The molecule has 0 saturated carbocycles. The molecule has 2 aliphatic heterocycles. The van der Waals surface area contributed by atoms with Crippen LogP contribution in [0, 0.1) is 12.7 Å². The summed E-state index contributed by atoms with van der Waals surface area (Å²) in [6.45, 7) is 4.65. The van der Waals surface area contributed by atoms with Crippen LogP contribution in [0.1, 0.15) is 18.5 Å². The molecule has 3 rings (SSSR count). The van der Waals surface area contributed by atoms with Crippen molar-refractivity contribution in [2.24, 2.45) is 0 Å². The van der Waals surface area contributed by atoms with E-state index in [1.807, 2.05) is 0 Å². The number of aryl methyl sites for hydroxylation is 1. The highest BCUT2D eigenvalue weighted by Crippen LogP contribution is 2.33. The number of hydrogen-bond acceptors (Lipinski definition) is 4. The predicted molar refractivity (Wildman–Crippen MR) is 65.0 cm³/mol. The molecule has 1 spiro atoms. The third-order valence-electron chi connectivity index (χ3n) is 3.71. The van der Waals surface area contributed by atoms with Crippen molar-refractivity contribution in [1.82, 2.24) is 4.98 Å². The van der Waals surface area contributed by atoms with Gasteiger partial charge in [0.2, 0.25) is 0 Å². The van der Waals surface area contributed by atoms with Crippen molar-refractivity contribution < 1.29 is 13.9 Å². The quantitative estimate of drug-likeness (QED) is 0.764. The molecule has 1 aromatic heterocycles.